The Balaban J connectivity index is 2.20. The van der Waals surface area contributed by atoms with Gasteiger partial charge in [0.1, 0.15) is 0 Å². The number of rotatable bonds is 3. The van der Waals surface area contributed by atoms with Gasteiger partial charge in [0, 0.05) is 16.0 Å². The minimum Gasteiger partial charge on any atom is -0.329 e. The quantitative estimate of drug-likeness (QED) is 0.847. The standard InChI is InChI=1S/C15H20BrClN2O/c1-10-7-11(16)13(8-12(10)17)19-14(20)15(9-18)5-3-2-4-6-15/h7-8H,2-6,9,18H2,1H3,(H,19,20). The van der Waals surface area contributed by atoms with Gasteiger partial charge in [0.05, 0.1) is 11.1 Å². The van der Waals surface area contributed by atoms with Crippen molar-refractivity contribution in [2.24, 2.45) is 11.1 Å². The molecule has 1 aliphatic rings. The molecule has 5 heteroatoms. The van der Waals surface area contributed by atoms with Gasteiger partial charge in [-0.05, 0) is 53.4 Å². The molecule has 2 rings (SSSR count). The fraction of sp³-hybridized carbons (Fsp3) is 0.533. The lowest BCUT2D eigenvalue weighted by Gasteiger charge is -2.34. The zero-order valence-corrected chi connectivity index (χ0v) is 14.0. The fourth-order valence-corrected chi connectivity index (χ4v) is 3.47. The van der Waals surface area contributed by atoms with E-state index in [0.717, 1.165) is 35.7 Å². The first-order chi connectivity index (χ1) is 9.48. The number of hydrogen-bond donors (Lipinski definition) is 2. The number of anilines is 1. The molecule has 1 aromatic carbocycles. The number of nitrogens with one attached hydrogen (secondary N) is 1. The minimum absolute atomic E-state index is 0.0142. The number of halogens is 2. The van der Waals surface area contributed by atoms with E-state index in [4.69, 9.17) is 17.3 Å². The molecule has 0 radical (unpaired) electrons. The number of aryl methyl sites for hydroxylation is 1. The van der Waals surface area contributed by atoms with E-state index in [9.17, 15) is 4.79 Å². The Kier molecular flexibility index (Phi) is 5.10. The van der Waals surface area contributed by atoms with Gasteiger partial charge in [-0.15, -0.1) is 0 Å². The summed E-state index contributed by atoms with van der Waals surface area (Å²) in [6.07, 6.45) is 5.06. The molecule has 1 saturated carbocycles. The maximum Gasteiger partial charge on any atom is 0.231 e. The first-order valence-electron chi connectivity index (χ1n) is 6.96. The molecule has 0 aromatic heterocycles. The van der Waals surface area contributed by atoms with Crippen LogP contribution in [0.2, 0.25) is 5.02 Å². The third-order valence-corrected chi connectivity index (χ3v) is 5.24. The summed E-state index contributed by atoms with van der Waals surface area (Å²) in [7, 11) is 0. The van der Waals surface area contributed by atoms with Gasteiger partial charge in [-0.25, -0.2) is 0 Å². The summed E-state index contributed by atoms with van der Waals surface area (Å²) in [5, 5.41) is 3.64. The zero-order chi connectivity index (χ0) is 14.8. The second-order valence-corrected chi connectivity index (χ2v) is 6.84. The van der Waals surface area contributed by atoms with Gasteiger partial charge in [-0.3, -0.25) is 4.79 Å². The highest BCUT2D eigenvalue weighted by atomic mass is 79.9. The molecular weight excluding hydrogens is 340 g/mol. The van der Waals surface area contributed by atoms with Crippen molar-refractivity contribution in [3.63, 3.8) is 0 Å². The lowest BCUT2D eigenvalue weighted by molar-refractivity contribution is -0.126. The van der Waals surface area contributed by atoms with Gasteiger partial charge < -0.3 is 11.1 Å². The van der Waals surface area contributed by atoms with Gasteiger partial charge in [0.25, 0.3) is 0 Å². The molecule has 3 nitrogen and oxygen atoms in total. The highest BCUT2D eigenvalue weighted by Gasteiger charge is 2.38. The summed E-state index contributed by atoms with van der Waals surface area (Å²) in [4.78, 5) is 12.6. The SMILES string of the molecule is Cc1cc(Br)c(NC(=O)C2(CN)CCCCC2)cc1Cl. The highest BCUT2D eigenvalue weighted by Crippen LogP contribution is 2.37. The summed E-state index contributed by atoms with van der Waals surface area (Å²) in [6.45, 7) is 2.33. The van der Waals surface area contributed by atoms with Crippen LogP contribution in [0, 0.1) is 12.3 Å². The molecule has 0 atom stereocenters. The van der Waals surface area contributed by atoms with E-state index in [2.05, 4.69) is 21.2 Å². The lowest BCUT2D eigenvalue weighted by atomic mass is 9.73. The predicted molar refractivity (Wildman–Crippen MR) is 87.1 cm³/mol. The summed E-state index contributed by atoms with van der Waals surface area (Å²) in [5.41, 5.74) is 7.15. The summed E-state index contributed by atoms with van der Waals surface area (Å²) in [6, 6.07) is 3.69. The molecule has 0 aliphatic heterocycles. The average Bonchev–Trinajstić information content (AvgIpc) is 2.45. The number of hydrogen-bond acceptors (Lipinski definition) is 2. The van der Waals surface area contributed by atoms with Crippen LogP contribution in [0.5, 0.6) is 0 Å². The molecule has 1 amide bonds. The van der Waals surface area contributed by atoms with Crippen molar-refractivity contribution in [2.75, 3.05) is 11.9 Å². The van der Waals surface area contributed by atoms with Crippen LogP contribution < -0.4 is 11.1 Å². The molecule has 1 aromatic rings. The maximum atomic E-state index is 12.6. The predicted octanol–water partition coefficient (Wildman–Crippen LogP) is 4.26. The van der Waals surface area contributed by atoms with Gasteiger partial charge >= 0.3 is 0 Å². The zero-order valence-electron chi connectivity index (χ0n) is 11.6. The second kappa shape index (κ2) is 6.46. The molecule has 1 fully saturated rings. The van der Waals surface area contributed by atoms with Crippen molar-refractivity contribution in [3.8, 4) is 0 Å². The van der Waals surface area contributed by atoms with Gasteiger partial charge in [-0.1, -0.05) is 30.9 Å². The van der Waals surface area contributed by atoms with Crippen LogP contribution in [-0.4, -0.2) is 12.5 Å². The van der Waals surface area contributed by atoms with Crippen LogP contribution in [0.25, 0.3) is 0 Å². The monoisotopic (exact) mass is 358 g/mol. The number of benzene rings is 1. The maximum absolute atomic E-state index is 12.6. The highest BCUT2D eigenvalue weighted by molar-refractivity contribution is 9.10. The minimum atomic E-state index is -0.422. The van der Waals surface area contributed by atoms with Crippen LogP contribution in [0.1, 0.15) is 37.7 Å². The van der Waals surface area contributed by atoms with Gasteiger partial charge in [0.15, 0.2) is 0 Å². The average molecular weight is 360 g/mol. The van der Waals surface area contributed by atoms with Crippen LogP contribution in [0.3, 0.4) is 0 Å². The summed E-state index contributed by atoms with van der Waals surface area (Å²) >= 11 is 9.60. The van der Waals surface area contributed by atoms with E-state index in [1.54, 1.807) is 6.07 Å². The van der Waals surface area contributed by atoms with Crippen LogP contribution in [0.4, 0.5) is 5.69 Å². The van der Waals surface area contributed by atoms with Crippen molar-refractivity contribution in [1.82, 2.24) is 0 Å². The van der Waals surface area contributed by atoms with Crippen molar-refractivity contribution in [2.45, 2.75) is 39.0 Å². The first-order valence-corrected chi connectivity index (χ1v) is 8.13. The van der Waals surface area contributed by atoms with E-state index >= 15 is 0 Å². The molecule has 0 bridgehead atoms. The van der Waals surface area contributed by atoms with Crippen molar-refractivity contribution < 1.29 is 4.79 Å². The van der Waals surface area contributed by atoms with E-state index in [1.807, 2.05) is 13.0 Å². The van der Waals surface area contributed by atoms with Gasteiger partial charge in [0.2, 0.25) is 5.91 Å². The van der Waals surface area contributed by atoms with E-state index in [1.165, 1.54) is 6.42 Å². The smallest absolute Gasteiger partial charge is 0.231 e. The second-order valence-electron chi connectivity index (χ2n) is 5.58. The third-order valence-electron chi connectivity index (χ3n) is 4.18. The molecular formula is C15H20BrClN2O. The fourth-order valence-electron chi connectivity index (χ4n) is 2.75. The largest absolute Gasteiger partial charge is 0.329 e. The van der Waals surface area contributed by atoms with E-state index in [-0.39, 0.29) is 5.91 Å². The Morgan fingerprint density at radius 3 is 2.65 bits per heavy atom. The van der Waals surface area contributed by atoms with E-state index < -0.39 is 5.41 Å². The molecule has 20 heavy (non-hydrogen) atoms. The Hall–Kier alpha value is -0.580. The Bertz CT molecular complexity index is 513. The number of amides is 1. The third kappa shape index (κ3) is 3.18. The topological polar surface area (TPSA) is 55.1 Å². The molecule has 0 unspecified atom stereocenters. The van der Waals surface area contributed by atoms with Crippen molar-refractivity contribution in [3.05, 3.63) is 27.2 Å². The lowest BCUT2D eigenvalue weighted by Crippen LogP contribution is -2.43. The molecule has 110 valence electrons. The van der Waals surface area contributed by atoms with Crippen LogP contribution in [0.15, 0.2) is 16.6 Å². The van der Waals surface area contributed by atoms with Crippen molar-refractivity contribution >= 4 is 39.1 Å². The number of carbonyl (C=O) groups is 1. The molecule has 1 aliphatic carbocycles. The number of nitrogens with two attached hydrogens (primary N) is 1. The van der Waals surface area contributed by atoms with Crippen molar-refractivity contribution in [1.29, 1.82) is 0 Å². The summed E-state index contributed by atoms with van der Waals surface area (Å²) in [5.74, 6) is 0.0142. The summed E-state index contributed by atoms with van der Waals surface area (Å²) < 4.78 is 0.843. The Morgan fingerprint density at radius 1 is 1.40 bits per heavy atom. The first kappa shape index (κ1) is 15.8. The molecule has 3 N–H and O–H groups in total. The normalized spacial score (nSPS) is 17.8. The molecule has 0 spiro atoms. The Morgan fingerprint density at radius 2 is 2.05 bits per heavy atom. The van der Waals surface area contributed by atoms with Gasteiger partial charge in [-0.2, -0.15) is 0 Å². The Labute approximate surface area is 133 Å². The van der Waals surface area contributed by atoms with Crippen LogP contribution >= 0.6 is 27.5 Å². The van der Waals surface area contributed by atoms with Crippen LogP contribution in [-0.2, 0) is 4.79 Å². The molecule has 0 saturated heterocycles. The molecule has 0 heterocycles. The van der Waals surface area contributed by atoms with E-state index in [0.29, 0.717) is 17.3 Å². The number of carbonyl (C=O) groups excluding carboxylic acids is 1.